The summed E-state index contributed by atoms with van der Waals surface area (Å²) in [7, 11) is 0. The highest BCUT2D eigenvalue weighted by Crippen LogP contribution is 2.25. The van der Waals surface area contributed by atoms with E-state index >= 15 is 0 Å². The van der Waals surface area contributed by atoms with E-state index in [1.54, 1.807) is 0 Å². The fraction of sp³-hybridized carbons (Fsp3) is 0. The maximum absolute atomic E-state index is 11.2. The van der Waals surface area contributed by atoms with Gasteiger partial charge in [0.05, 0.1) is 0 Å². The van der Waals surface area contributed by atoms with Crippen molar-refractivity contribution in [3.8, 4) is 0 Å². The van der Waals surface area contributed by atoms with Crippen molar-refractivity contribution in [3.05, 3.63) is 77.5 Å². The van der Waals surface area contributed by atoms with E-state index < -0.39 is 11.7 Å². The number of aliphatic hydroxyl groups excluding tert-OH is 1. The Kier molecular flexibility index (Phi) is 3.44. The number of nitrogens with two attached hydrogens (primary N) is 1. The van der Waals surface area contributed by atoms with Crippen LogP contribution < -0.4 is 5.73 Å². The van der Waals surface area contributed by atoms with E-state index in [9.17, 15) is 9.90 Å². The number of rotatable bonds is 3. The number of aliphatic hydroxyl groups is 1. The fourth-order valence-electron chi connectivity index (χ4n) is 1.77. The van der Waals surface area contributed by atoms with Gasteiger partial charge in [0.2, 0.25) is 0 Å². The molecule has 3 N–H and O–H groups in total. The van der Waals surface area contributed by atoms with E-state index in [-0.39, 0.29) is 0 Å². The third-order valence-electron chi connectivity index (χ3n) is 2.60. The fourth-order valence-corrected chi connectivity index (χ4v) is 1.77. The number of hydrogen-bond acceptors (Lipinski definition) is 2. The number of hydrogen-bond donors (Lipinski definition) is 2. The van der Waals surface area contributed by atoms with Crippen molar-refractivity contribution in [2.24, 2.45) is 5.73 Å². The molecule has 0 fully saturated rings. The largest absolute Gasteiger partial charge is 0.503 e. The molecule has 0 aromatic heterocycles. The number of primary amides is 1. The Balaban J connectivity index is 2.64. The zero-order chi connectivity index (χ0) is 13.0. The lowest BCUT2D eigenvalue weighted by atomic mass is 9.96. The van der Waals surface area contributed by atoms with E-state index in [2.05, 4.69) is 0 Å². The molecule has 0 heterocycles. The number of carbonyl (C=O) groups is 1. The van der Waals surface area contributed by atoms with Gasteiger partial charge in [0.25, 0.3) is 5.91 Å². The van der Waals surface area contributed by atoms with Crippen molar-refractivity contribution in [3.63, 3.8) is 0 Å². The molecule has 0 aliphatic heterocycles. The molecular formula is C15H13NO2. The smallest absolute Gasteiger partial charge is 0.284 e. The first-order chi connectivity index (χ1) is 8.70. The molecule has 1 amide bonds. The van der Waals surface area contributed by atoms with Crippen LogP contribution in [0.2, 0.25) is 0 Å². The van der Waals surface area contributed by atoms with Gasteiger partial charge >= 0.3 is 0 Å². The highest BCUT2D eigenvalue weighted by atomic mass is 16.3. The van der Waals surface area contributed by atoms with Gasteiger partial charge in [-0.15, -0.1) is 0 Å². The summed E-state index contributed by atoms with van der Waals surface area (Å²) >= 11 is 0. The van der Waals surface area contributed by atoms with Crippen molar-refractivity contribution < 1.29 is 9.90 Å². The maximum atomic E-state index is 11.2. The highest BCUT2D eigenvalue weighted by Gasteiger charge is 2.14. The molecule has 3 heteroatoms. The van der Waals surface area contributed by atoms with Gasteiger partial charge in [0, 0.05) is 5.57 Å². The molecule has 0 saturated carbocycles. The molecule has 0 atom stereocenters. The summed E-state index contributed by atoms with van der Waals surface area (Å²) in [4.78, 5) is 11.2. The first kappa shape index (κ1) is 11.9. The SMILES string of the molecule is NC(=O)C(O)=C(c1ccccc1)c1ccccc1. The van der Waals surface area contributed by atoms with Gasteiger partial charge in [0.15, 0.2) is 5.76 Å². The van der Waals surface area contributed by atoms with Crippen LogP contribution in [-0.4, -0.2) is 11.0 Å². The predicted molar refractivity (Wildman–Crippen MR) is 70.7 cm³/mol. The minimum Gasteiger partial charge on any atom is -0.503 e. The third kappa shape index (κ3) is 2.40. The highest BCUT2D eigenvalue weighted by molar-refractivity contribution is 6.01. The molecular weight excluding hydrogens is 226 g/mol. The average molecular weight is 239 g/mol. The molecule has 0 aliphatic carbocycles. The lowest BCUT2D eigenvalue weighted by molar-refractivity contribution is -0.116. The lowest BCUT2D eigenvalue weighted by Gasteiger charge is -2.09. The molecule has 18 heavy (non-hydrogen) atoms. The van der Waals surface area contributed by atoms with E-state index in [0.717, 1.165) is 11.1 Å². The van der Waals surface area contributed by atoms with E-state index in [1.165, 1.54) is 0 Å². The van der Waals surface area contributed by atoms with Crippen molar-refractivity contribution in [2.75, 3.05) is 0 Å². The van der Waals surface area contributed by atoms with Crippen LogP contribution in [0.3, 0.4) is 0 Å². The Bertz CT molecular complexity index is 532. The first-order valence-electron chi connectivity index (χ1n) is 5.54. The molecule has 2 aromatic carbocycles. The second-order valence-corrected chi connectivity index (χ2v) is 3.82. The summed E-state index contributed by atoms with van der Waals surface area (Å²) in [6.07, 6.45) is 0. The van der Waals surface area contributed by atoms with Gasteiger partial charge < -0.3 is 10.8 Å². The summed E-state index contributed by atoms with van der Waals surface area (Å²) in [5.41, 5.74) is 7.11. The molecule has 0 bridgehead atoms. The van der Waals surface area contributed by atoms with Crippen LogP contribution in [0.25, 0.3) is 5.57 Å². The molecule has 90 valence electrons. The van der Waals surface area contributed by atoms with Crippen LogP contribution in [-0.2, 0) is 4.79 Å². The monoisotopic (exact) mass is 239 g/mol. The van der Waals surface area contributed by atoms with Gasteiger partial charge in [-0.1, -0.05) is 60.7 Å². The minimum atomic E-state index is -0.835. The van der Waals surface area contributed by atoms with E-state index in [4.69, 9.17) is 5.73 Å². The zero-order valence-corrected chi connectivity index (χ0v) is 9.71. The molecule has 0 radical (unpaired) electrons. The normalized spacial score (nSPS) is 9.78. The summed E-state index contributed by atoms with van der Waals surface area (Å²) < 4.78 is 0. The molecule has 0 spiro atoms. The van der Waals surface area contributed by atoms with Crippen LogP contribution in [0.15, 0.2) is 66.4 Å². The van der Waals surface area contributed by atoms with Gasteiger partial charge in [0.1, 0.15) is 0 Å². The Morgan fingerprint density at radius 3 is 1.56 bits per heavy atom. The van der Waals surface area contributed by atoms with Gasteiger partial charge in [-0.2, -0.15) is 0 Å². The Labute approximate surface area is 105 Å². The summed E-state index contributed by atoms with van der Waals surface area (Å²) in [6.45, 7) is 0. The van der Waals surface area contributed by atoms with Crippen molar-refractivity contribution in [2.45, 2.75) is 0 Å². The van der Waals surface area contributed by atoms with Crippen LogP contribution >= 0.6 is 0 Å². The minimum absolute atomic E-state index is 0.424. The predicted octanol–water partition coefficient (Wildman–Crippen LogP) is 2.49. The first-order valence-corrected chi connectivity index (χ1v) is 5.54. The summed E-state index contributed by atoms with van der Waals surface area (Å²) in [5.74, 6) is -1.26. The quantitative estimate of drug-likeness (QED) is 0.638. The average Bonchev–Trinajstić information content (AvgIpc) is 2.41. The Morgan fingerprint density at radius 2 is 1.22 bits per heavy atom. The van der Waals surface area contributed by atoms with Gasteiger partial charge in [-0.05, 0) is 11.1 Å². The molecule has 2 aromatic rings. The van der Waals surface area contributed by atoms with Crippen LogP contribution in [0.1, 0.15) is 11.1 Å². The van der Waals surface area contributed by atoms with Crippen molar-refractivity contribution in [1.29, 1.82) is 0 Å². The van der Waals surface area contributed by atoms with Crippen molar-refractivity contribution >= 4 is 11.5 Å². The molecule has 2 rings (SSSR count). The standard InChI is InChI=1S/C15H13NO2/c16-15(18)14(17)13(11-7-3-1-4-8-11)12-9-5-2-6-10-12/h1-10,17H,(H2,16,18). The lowest BCUT2D eigenvalue weighted by Crippen LogP contribution is -2.15. The van der Waals surface area contributed by atoms with E-state index in [1.807, 2.05) is 60.7 Å². The Morgan fingerprint density at radius 1 is 0.833 bits per heavy atom. The van der Waals surface area contributed by atoms with Gasteiger partial charge in [-0.3, -0.25) is 4.79 Å². The maximum Gasteiger partial charge on any atom is 0.284 e. The molecule has 0 unspecified atom stereocenters. The molecule has 3 nitrogen and oxygen atoms in total. The third-order valence-corrected chi connectivity index (χ3v) is 2.60. The van der Waals surface area contributed by atoms with Gasteiger partial charge in [-0.25, -0.2) is 0 Å². The van der Waals surface area contributed by atoms with Crippen LogP contribution in [0.5, 0.6) is 0 Å². The second kappa shape index (κ2) is 5.19. The Hall–Kier alpha value is -2.55. The van der Waals surface area contributed by atoms with Crippen LogP contribution in [0, 0.1) is 0 Å². The summed E-state index contributed by atoms with van der Waals surface area (Å²) in [6, 6.07) is 18.4. The van der Waals surface area contributed by atoms with E-state index in [0.29, 0.717) is 5.57 Å². The molecule has 0 saturated heterocycles. The number of benzene rings is 2. The number of amides is 1. The second-order valence-electron chi connectivity index (χ2n) is 3.82. The number of carbonyl (C=O) groups excluding carboxylic acids is 1. The molecule has 0 aliphatic rings. The van der Waals surface area contributed by atoms with Crippen molar-refractivity contribution in [1.82, 2.24) is 0 Å². The zero-order valence-electron chi connectivity index (χ0n) is 9.71. The topological polar surface area (TPSA) is 63.3 Å². The summed E-state index contributed by atoms with van der Waals surface area (Å²) in [5, 5.41) is 9.90. The van der Waals surface area contributed by atoms with Crippen LogP contribution in [0.4, 0.5) is 0 Å².